The molecule has 1 aromatic carbocycles. The summed E-state index contributed by atoms with van der Waals surface area (Å²) in [4.78, 5) is 29.8. The van der Waals surface area contributed by atoms with E-state index in [4.69, 9.17) is 9.68 Å². The standard InChI is InChI=1S/C21H15N5O3S/c1-13(27)18-6-5-17(30-18)11-26-10-16(9-24-26)25-21(28)19-20(29-12-23-19)15-4-2-3-14(7-15)8-22/h2-7,9-10,12H,11H2,1H3,(H,25,28). The molecule has 0 atom stereocenters. The van der Waals surface area contributed by atoms with Crippen LogP contribution in [0.3, 0.4) is 0 Å². The molecule has 1 amide bonds. The van der Waals surface area contributed by atoms with Gasteiger partial charge in [-0.05, 0) is 31.2 Å². The highest BCUT2D eigenvalue weighted by Crippen LogP contribution is 2.25. The van der Waals surface area contributed by atoms with Gasteiger partial charge in [-0.3, -0.25) is 14.3 Å². The first-order valence-corrected chi connectivity index (χ1v) is 9.72. The summed E-state index contributed by atoms with van der Waals surface area (Å²) in [5.41, 5.74) is 1.66. The predicted molar refractivity (Wildman–Crippen MR) is 110 cm³/mol. The molecule has 0 aliphatic rings. The summed E-state index contributed by atoms with van der Waals surface area (Å²) in [5.74, 6) is -0.133. The van der Waals surface area contributed by atoms with Gasteiger partial charge in [-0.25, -0.2) is 4.98 Å². The zero-order valence-corrected chi connectivity index (χ0v) is 16.6. The van der Waals surface area contributed by atoms with Crippen molar-refractivity contribution in [3.05, 3.63) is 76.2 Å². The summed E-state index contributed by atoms with van der Waals surface area (Å²) in [6.07, 6.45) is 4.42. The molecule has 8 nitrogen and oxygen atoms in total. The van der Waals surface area contributed by atoms with Crippen LogP contribution in [0.15, 0.2) is 59.6 Å². The summed E-state index contributed by atoms with van der Waals surface area (Å²) in [6, 6.07) is 12.5. The first-order valence-electron chi connectivity index (χ1n) is 8.91. The Hall–Kier alpha value is -4.03. The lowest BCUT2D eigenvalue weighted by Crippen LogP contribution is -2.13. The highest BCUT2D eigenvalue weighted by atomic mass is 32.1. The minimum absolute atomic E-state index is 0.0309. The molecule has 0 saturated heterocycles. The molecule has 1 N–H and O–H groups in total. The van der Waals surface area contributed by atoms with E-state index in [0.29, 0.717) is 28.2 Å². The Kier molecular flexibility index (Phi) is 5.24. The number of aromatic nitrogens is 3. The van der Waals surface area contributed by atoms with Gasteiger partial charge in [-0.1, -0.05) is 12.1 Å². The summed E-state index contributed by atoms with van der Waals surface area (Å²) >= 11 is 1.42. The van der Waals surface area contributed by atoms with Gasteiger partial charge in [0.15, 0.2) is 23.6 Å². The van der Waals surface area contributed by atoms with Crippen molar-refractivity contribution in [1.82, 2.24) is 14.8 Å². The monoisotopic (exact) mass is 417 g/mol. The van der Waals surface area contributed by atoms with E-state index in [2.05, 4.69) is 21.5 Å². The van der Waals surface area contributed by atoms with E-state index in [9.17, 15) is 9.59 Å². The van der Waals surface area contributed by atoms with Crippen molar-refractivity contribution in [2.24, 2.45) is 0 Å². The number of thiophene rings is 1. The van der Waals surface area contributed by atoms with Crippen LogP contribution in [0.2, 0.25) is 0 Å². The van der Waals surface area contributed by atoms with Gasteiger partial charge in [-0.15, -0.1) is 11.3 Å². The number of rotatable bonds is 6. The summed E-state index contributed by atoms with van der Waals surface area (Å²) in [5, 5.41) is 16.1. The maximum atomic E-state index is 12.7. The fourth-order valence-electron chi connectivity index (χ4n) is 2.86. The van der Waals surface area contributed by atoms with Crippen molar-refractivity contribution in [2.45, 2.75) is 13.5 Å². The van der Waals surface area contributed by atoms with Gasteiger partial charge >= 0.3 is 0 Å². The third-order valence-electron chi connectivity index (χ3n) is 4.25. The molecule has 0 aliphatic heterocycles. The van der Waals surface area contributed by atoms with Gasteiger partial charge in [-0.2, -0.15) is 10.4 Å². The second-order valence-electron chi connectivity index (χ2n) is 6.43. The minimum Gasteiger partial charge on any atom is -0.443 e. The molecule has 9 heteroatoms. The molecule has 0 aliphatic carbocycles. The number of hydrogen-bond donors (Lipinski definition) is 1. The highest BCUT2D eigenvalue weighted by molar-refractivity contribution is 7.14. The van der Waals surface area contributed by atoms with Crippen LogP contribution in [0.1, 0.15) is 37.5 Å². The summed E-state index contributed by atoms with van der Waals surface area (Å²) < 4.78 is 7.06. The molecule has 0 spiro atoms. The van der Waals surface area contributed by atoms with Crippen LogP contribution >= 0.6 is 11.3 Å². The van der Waals surface area contributed by atoms with Crippen LogP contribution in [0.5, 0.6) is 0 Å². The SMILES string of the molecule is CC(=O)c1ccc(Cn2cc(NC(=O)c3ncoc3-c3cccc(C#N)c3)cn2)s1. The number of oxazole rings is 1. The van der Waals surface area contributed by atoms with Crippen LogP contribution in [0.25, 0.3) is 11.3 Å². The molecule has 4 rings (SSSR count). The number of ketones is 1. The van der Waals surface area contributed by atoms with Gasteiger partial charge < -0.3 is 9.73 Å². The van der Waals surface area contributed by atoms with Crippen molar-refractivity contribution in [2.75, 3.05) is 5.32 Å². The number of nitrogens with zero attached hydrogens (tertiary/aromatic N) is 4. The maximum Gasteiger partial charge on any atom is 0.278 e. The fraction of sp³-hybridized carbons (Fsp3) is 0.0952. The number of hydrogen-bond acceptors (Lipinski definition) is 7. The second kappa shape index (κ2) is 8.14. The quantitative estimate of drug-likeness (QED) is 0.475. The zero-order valence-electron chi connectivity index (χ0n) is 15.8. The van der Waals surface area contributed by atoms with Gasteiger partial charge in [0.1, 0.15) is 0 Å². The Morgan fingerprint density at radius 3 is 2.93 bits per heavy atom. The lowest BCUT2D eigenvalue weighted by Gasteiger charge is -2.03. The van der Waals surface area contributed by atoms with Crippen LogP contribution in [-0.2, 0) is 6.54 Å². The first kappa shape index (κ1) is 19.3. The number of benzene rings is 1. The normalized spacial score (nSPS) is 10.5. The first-order chi connectivity index (χ1) is 14.5. The van der Waals surface area contributed by atoms with Crippen molar-refractivity contribution >= 4 is 28.7 Å². The van der Waals surface area contributed by atoms with E-state index in [1.807, 2.05) is 6.07 Å². The number of nitrogens with one attached hydrogen (secondary N) is 1. The predicted octanol–water partition coefficient (Wildman–Crippen LogP) is 3.97. The van der Waals surface area contributed by atoms with Crippen LogP contribution < -0.4 is 5.32 Å². The minimum atomic E-state index is -0.448. The summed E-state index contributed by atoms with van der Waals surface area (Å²) in [7, 11) is 0. The molecule has 30 heavy (non-hydrogen) atoms. The van der Waals surface area contributed by atoms with Crippen LogP contribution in [0.4, 0.5) is 5.69 Å². The number of amides is 1. The Bertz CT molecular complexity index is 1280. The van der Waals surface area contributed by atoms with Crippen molar-refractivity contribution in [3.8, 4) is 17.4 Å². The van der Waals surface area contributed by atoms with E-state index in [1.165, 1.54) is 30.9 Å². The molecule has 0 fully saturated rings. The molecule has 3 heterocycles. The van der Waals surface area contributed by atoms with Gasteiger partial charge in [0.05, 0.1) is 34.9 Å². The smallest absolute Gasteiger partial charge is 0.278 e. The van der Waals surface area contributed by atoms with Crippen molar-refractivity contribution < 1.29 is 14.0 Å². The molecular formula is C21H15N5O3S. The highest BCUT2D eigenvalue weighted by Gasteiger charge is 2.19. The molecule has 0 unspecified atom stereocenters. The number of carbonyl (C=O) groups excluding carboxylic acids is 2. The molecular weight excluding hydrogens is 402 g/mol. The number of nitriles is 1. The van der Waals surface area contributed by atoms with Crippen molar-refractivity contribution in [1.29, 1.82) is 5.26 Å². The molecule has 0 radical (unpaired) electrons. The Balaban J connectivity index is 1.48. The lowest BCUT2D eigenvalue weighted by atomic mass is 10.1. The Labute approximate surface area is 175 Å². The summed E-state index contributed by atoms with van der Waals surface area (Å²) in [6.45, 7) is 2.02. The molecule has 4 aromatic rings. The maximum absolute atomic E-state index is 12.7. The topological polar surface area (TPSA) is 114 Å². The van der Waals surface area contributed by atoms with E-state index in [1.54, 1.807) is 41.2 Å². The molecule has 3 aromatic heterocycles. The Morgan fingerprint density at radius 2 is 2.17 bits per heavy atom. The largest absolute Gasteiger partial charge is 0.443 e. The van der Waals surface area contributed by atoms with Crippen molar-refractivity contribution in [3.63, 3.8) is 0 Å². The van der Waals surface area contributed by atoms with E-state index >= 15 is 0 Å². The lowest BCUT2D eigenvalue weighted by molar-refractivity contribution is 0.101. The average Bonchev–Trinajstić information content (AvgIpc) is 3.49. The van der Waals surface area contributed by atoms with Gasteiger partial charge in [0.25, 0.3) is 5.91 Å². The Morgan fingerprint density at radius 1 is 1.30 bits per heavy atom. The number of anilines is 1. The molecule has 0 saturated carbocycles. The van der Waals surface area contributed by atoms with Crippen LogP contribution in [-0.4, -0.2) is 26.5 Å². The number of carbonyl (C=O) groups is 2. The van der Waals surface area contributed by atoms with Crippen LogP contribution in [0, 0.1) is 11.3 Å². The van der Waals surface area contributed by atoms with E-state index in [-0.39, 0.29) is 17.2 Å². The number of Topliss-reactive ketones (excluding diaryl/α,β-unsaturated/α-hetero) is 1. The van der Waals surface area contributed by atoms with E-state index < -0.39 is 5.91 Å². The molecule has 148 valence electrons. The average molecular weight is 417 g/mol. The third kappa shape index (κ3) is 4.04. The second-order valence-corrected chi connectivity index (χ2v) is 7.59. The van der Waals surface area contributed by atoms with Gasteiger partial charge in [0, 0.05) is 16.6 Å². The fourth-order valence-corrected chi connectivity index (χ4v) is 3.75. The molecule has 0 bridgehead atoms. The third-order valence-corrected chi connectivity index (χ3v) is 5.42. The zero-order chi connectivity index (χ0) is 21.1. The van der Waals surface area contributed by atoms with Gasteiger partial charge in [0.2, 0.25) is 0 Å². The van der Waals surface area contributed by atoms with E-state index in [0.717, 1.165) is 4.88 Å².